The predicted molar refractivity (Wildman–Crippen MR) is 99.8 cm³/mol. The quantitative estimate of drug-likeness (QED) is 0.390. The molecule has 0 radical (unpaired) electrons. The van der Waals surface area contributed by atoms with Gasteiger partial charge in [-0.1, -0.05) is 60.3 Å². The summed E-state index contributed by atoms with van der Waals surface area (Å²) in [6.07, 6.45) is 9.08. The van der Waals surface area contributed by atoms with E-state index in [1.54, 1.807) is 6.08 Å². The van der Waals surface area contributed by atoms with Crippen LogP contribution in [0.15, 0.2) is 11.8 Å². The number of ether oxygens (including phenoxy) is 1. The predicted octanol–water partition coefficient (Wildman–Crippen LogP) is 4.18. The highest BCUT2D eigenvalue weighted by molar-refractivity contribution is 9.09. The summed E-state index contributed by atoms with van der Waals surface area (Å²) in [6.45, 7) is 4.86. The topological polar surface area (TPSA) is 55.4 Å². The molecule has 0 saturated heterocycles. The first-order valence-electron chi connectivity index (χ1n) is 8.42. The lowest BCUT2D eigenvalue weighted by molar-refractivity contribution is -0.124. The minimum Gasteiger partial charge on any atom is -0.486 e. The number of hydrogen-bond acceptors (Lipinski definition) is 4. The molecule has 0 aliphatic carbocycles. The maximum Gasteiger partial charge on any atom is 0.257 e. The fourth-order valence-electron chi connectivity index (χ4n) is 2.46. The van der Waals surface area contributed by atoms with Crippen molar-refractivity contribution in [2.75, 3.05) is 18.5 Å². The molecule has 1 rings (SSSR count). The van der Waals surface area contributed by atoms with Crippen LogP contribution in [-0.4, -0.2) is 34.3 Å². The second-order valence-electron chi connectivity index (χ2n) is 6.01. The minimum atomic E-state index is -0.318. The van der Waals surface area contributed by atoms with E-state index in [0.717, 1.165) is 31.0 Å². The third kappa shape index (κ3) is 7.75. The number of carbonyl (C=O) groups excluding carboxylic acids is 2. The summed E-state index contributed by atoms with van der Waals surface area (Å²) >= 11 is 4.68. The first-order chi connectivity index (χ1) is 11.0. The van der Waals surface area contributed by atoms with Gasteiger partial charge in [0.2, 0.25) is 5.12 Å². The van der Waals surface area contributed by atoms with E-state index >= 15 is 0 Å². The molecule has 6 heteroatoms. The zero-order valence-electron chi connectivity index (χ0n) is 14.2. The molecule has 1 N–H and O–H groups in total. The Balaban J connectivity index is 2.38. The number of amides is 1. The zero-order valence-corrected chi connectivity index (χ0v) is 16.6. The summed E-state index contributed by atoms with van der Waals surface area (Å²) in [5.41, 5.74) is 0. The molecule has 4 nitrogen and oxygen atoms in total. The number of alkyl halides is 1. The fourth-order valence-corrected chi connectivity index (χ4v) is 3.93. The number of unbranched alkanes of at least 4 members (excludes halogenated alkanes) is 4. The number of carbonyl (C=O) groups is 2. The molecule has 0 fully saturated rings. The Morgan fingerprint density at radius 3 is 2.78 bits per heavy atom. The van der Waals surface area contributed by atoms with Gasteiger partial charge in [0.25, 0.3) is 5.91 Å². The van der Waals surface area contributed by atoms with Crippen LogP contribution in [0.4, 0.5) is 0 Å². The van der Waals surface area contributed by atoms with Gasteiger partial charge in [-0.05, 0) is 26.2 Å². The molecule has 23 heavy (non-hydrogen) atoms. The number of hydrogen-bond donors (Lipinski definition) is 1. The molecule has 1 aliphatic rings. The summed E-state index contributed by atoms with van der Waals surface area (Å²) in [7, 11) is 0. The summed E-state index contributed by atoms with van der Waals surface area (Å²) in [6, 6.07) is 0. The van der Waals surface area contributed by atoms with E-state index in [9.17, 15) is 9.59 Å². The molecule has 1 amide bonds. The van der Waals surface area contributed by atoms with Gasteiger partial charge < -0.3 is 10.1 Å². The van der Waals surface area contributed by atoms with Gasteiger partial charge in [-0.25, -0.2) is 0 Å². The van der Waals surface area contributed by atoms with Gasteiger partial charge in [-0.3, -0.25) is 9.59 Å². The van der Waals surface area contributed by atoms with E-state index in [4.69, 9.17) is 4.74 Å². The van der Waals surface area contributed by atoms with Crippen molar-refractivity contribution in [2.45, 2.75) is 63.5 Å². The molecule has 1 aliphatic heterocycles. The maximum absolute atomic E-state index is 11.8. The van der Waals surface area contributed by atoms with Crippen molar-refractivity contribution in [3.05, 3.63) is 11.8 Å². The van der Waals surface area contributed by atoms with Crippen molar-refractivity contribution in [2.24, 2.45) is 0 Å². The Kier molecular flexibility index (Phi) is 9.95. The van der Waals surface area contributed by atoms with Crippen LogP contribution in [0.2, 0.25) is 0 Å². The van der Waals surface area contributed by atoms with E-state index in [0.29, 0.717) is 12.3 Å². The van der Waals surface area contributed by atoms with Gasteiger partial charge in [0.1, 0.15) is 5.76 Å². The molecule has 1 atom stereocenters. The van der Waals surface area contributed by atoms with Crippen LogP contribution in [0.25, 0.3) is 0 Å². The van der Waals surface area contributed by atoms with Gasteiger partial charge >= 0.3 is 0 Å². The van der Waals surface area contributed by atoms with Crippen LogP contribution in [0, 0.1) is 0 Å². The van der Waals surface area contributed by atoms with E-state index < -0.39 is 0 Å². The largest absolute Gasteiger partial charge is 0.486 e. The summed E-state index contributed by atoms with van der Waals surface area (Å²) in [4.78, 5) is 23.5. The molecule has 0 spiro atoms. The lowest BCUT2D eigenvalue weighted by Crippen LogP contribution is -2.30. The second-order valence-corrected chi connectivity index (χ2v) is 8.31. The van der Waals surface area contributed by atoms with Gasteiger partial charge in [0.05, 0.1) is 4.75 Å². The van der Waals surface area contributed by atoms with Crippen molar-refractivity contribution in [3.63, 3.8) is 0 Å². The molecule has 0 aromatic heterocycles. The standard InChI is InChI=1S/C17H28BrNO3S/c1-3-4-5-6-9-17(2)14(12-16(21)23-17)22-13-15(20)19-11-8-7-10-18/h12H,3-11,13H2,1-2H3,(H,19,20). The lowest BCUT2D eigenvalue weighted by Gasteiger charge is -2.25. The van der Waals surface area contributed by atoms with E-state index in [2.05, 4.69) is 28.2 Å². The highest BCUT2D eigenvalue weighted by atomic mass is 79.9. The van der Waals surface area contributed by atoms with Gasteiger partial charge in [0.15, 0.2) is 6.61 Å². The Morgan fingerprint density at radius 1 is 1.30 bits per heavy atom. The third-order valence-corrected chi connectivity index (χ3v) is 5.58. The summed E-state index contributed by atoms with van der Waals surface area (Å²) in [5.74, 6) is 0.526. The van der Waals surface area contributed by atoms with E-state index in [-0.39, 0.29) is 22.4 Å². The van der Waals surface area contributed by atoms with E-state index in [1.165, 1.54) is 31.0 Å². The zero-order chi connectivity index (χ0) is 17.1. The number of halogens is 1. The maximum atomic E-state index is 11.8. The first-order valence-corrected chi connectivity index (χ1v) is 10.4. The van der Waals surface area contributed by atoms with Crippen LogP contribution < -0.4 is 5.32 Å². The van der Waals surface area contributed by atoms with Crippen molar-refractivity contribution in [3.8, 4) is 0 Å². The lowest BCUT2D eigenvalue weighted by atomic mass is 9.99. The summed E-state index contributed by atoms with van der Waals surface area (Å²) in [5, 5.41) is 3.81. The molecule has 0 saturated carbocycles. The molecular weight excluding hydrogens is 378 g/mol. The average molecular weight is 406 g/mol. The van der Waals surface area contributed by atoms with Crippen molar-refractivity contribution in [1.82, 2.24) is 5.32 Å². The summed E-state index contributed by atoms with van der Waals surface area (Å²) < 4.78 is 5.34. The molecule has 1 heterocycles. The van der Waals surface area contributed by atoms with Crippen LogP contribution in [0.3, 0.4) is 0 Å². The Hall–Kier alpha value is -0.490. The van der Waals surface area contributed by atoms with Crippen LogP contribution in [0.1, 0.15) is 58.8 Å². The molecule has 0 aromatic carbocycles. The fraction of sp³-hybridized carbons (Fsp3) is 0.765. The average Bonchev–Trinajstić information content (AvgIpc) is 2.80. The normalized spacial score (nSPS) is 20.5. The molecular formula is C17H28BrNO3S. The Morgan fingerprint density at radius 2 is 2.09 bits per heavy atom. The van der Waals surface area contributed by atoms with Gasteiger partial charge in [-0.15, -0.1) is 0 Å². The molecule has 0 aromatic rings. The smallest absolute Gasteiger partial charge is 0.257 e. The number of rotatable bonds is 12. The molecule has 132 valence electrons. The SMILES string of the molecule is CCCCCCC1(C)SC(=O)C=C1OCC(=O)NCCCCBr. The van der Waals surface area contributed by atoms with Crippen molar-refractivity contribution >= 4 is 38.7 Å². The molecule has 0 bridgehead atoms. The van der Waals surface area contributed by atoms with Crippen LogP contribution in [-0.2, 0) is 14.3 Å². The highest BCUT2D eigenvalue weighted by Gasteiger charge is 2.39. The number of thioether (sulfide) groups is 1. The first kappa shape index (κ1) is 20.6. The van der Waals surface area contributed by atoms with Gasteiger partial charge in [0, 0.05) is 18.0 Å². The Bertz CT molecular complexity index is 428. The van der Waals surface area contributed by atoms with Gasteiger partial charge in [-0.2, -0.15) is 0 Å². The third-order valence-electron chi connectivity index (χ3n) is 3.84. The highest BCUT2D eigenvalue weighted by Crippen LogP contribution is 2.43. The molecule has 1 unspecified atom stereocenters. The second kappa shape index (κ2) is 11.1. The van der Waals surface area contributed by atoms with Crippen molar-refractivity contribution < 1.29 is 14.3 Å². The Labute approximate surface area is 152 Å². The van der Waals surface area contributed by atoms with E-state index in [1.807, 2.05) is 6.92 Å². The van der Waals surface area contributed by atoms with Crippen LogP contribution in [0.5, 0.6) is 0 Å². The number of nitrogens with one attached hydrogen (secondary N) is 1. The van der Waals surface area contributed by atoms with Crippen molar-refractivity contribution in [1.29, 1.82) is 0 Å². The monoisotopic (exact) mass is 405 g/mol. The minimum absolute atomic E-state index is 0.0153. The van der Waals surface area contributed by atoms with Crippen LogP contribution >= 0.6 is 27.7 Å².